The standard InChI is InChI=1S/C12H23NO2/c1-9-4-6-11(7-5-9)8-13(3)10(2)12(14)15/h9-11H,4-8H2,1-3H3,(H,14,15). The van der Waals surface area contributed by atoms with Crippen LogP contribution in [-0.2, 0) is 4.79 Å². The molecule has 0 radical (unpaired) electrons. The van der Waals surface area contributed by atoms with Crippen molar-refractivity contribution in [2.75, 3.05) is 13.6 Å². The number of carboxylic acid groups (broad SMARTS) is 1. The molecular weight excluding hydrogens is 190 g/mol. The molecule has 1 aliphatic rings. The molecule has 3 nitrogen and oxygen atoms in total. The molecule has 3 heteroatoms. The van der Waals surface area contributed by atoms with Crippen molar-refractivity contribution in [1.82, 2.24) is 4.90 Å². The van der Waals surface area contributed by atoms with Crippen LogP contribution >= 0.6 is 0 Å². The molecule has 15 heavy (non-hydrogen) atoms. The van der Waals surface area contributed by atoms with Crippen molar-refractivity contribution in [2.45, 2.75) is 45.6 Å². The number of carboxylic acids is 1. The molecule has 1 aliphatic carbocycles. The van der Waals surface area contributed by atoms with Gasteiger partial charge in [-0.15, -0.1) is 0 Å². The minimum Gasteiger partial charge on any atom is -0.480 e. The highest BCUT2D eigenvalue weighted by Gasteiger charge is 2.23. The summed E-state index contributed by atoms with van der Waals surface area (Å²) in [4.78, 5) is 12.8. The van der Waals surface area contributed by atoms with Crippen LogP contribution in [0.25, 0.3) is 0 Å². The second-order valence-corrected chi connectivity index (χ2v) is 5.08. The second-order valence-electron chi connectivity index (χ2n) is 5.08. The third-order valence-electron chi connectivity index (χ3n) is 3.70. The molecule has 0 saturated heterocycles. The third kappa shape index (κ3) is 3.82. The zero-order valence-electron chi connectivity index (χ0n) is 10.1. The number of hydrogen-bond donors (Lipinski definition) is 1. The third-order valence-corrected chi connectivity index (χ3v) is 3.70. The Labute approximate surface area is 92.5 Å². The molecule has 0 aromatic heterocycles. The highest BCUT2D eigenvalue weighted by molar-refractivity contribution is 5.72. The summed E-state index contributed by atoms with van der Waals surface area (Å²) in [6, 6.07) is -0.357. The summed E-state index contributed by atoms with van der Waals surface area (Å²) in [5.74, 6) is 0.845. The van der Waals surface area contributed by atoms with Gasteiger partial charge in [0.15, 0.2) is 0 Å². The van der Waals surface area contributed by atoms with Gasteiger partial charge in [-0.05, 0) is 38.6 Å². The van der Waals surface area contributed by atoms with Crippen LogP contribution in [0.1, 0.15) is 39.5 Å². The van der Waals surface area contributed by atoms with E-state index in [0.29, 0.717) is 5.92 Å². The van der Waals surface area contributed by atoms with E-state index in [9.17, 15) is 4.79 Å². The zero-order valence-corrected chi connectivity index (χ0v) is 10.1. The molecule has 0 aliphatic heterocycles. The summed E-state index contributed by atoms with van der Waals surface area (Å²) in [5, 5.41) is 8.88. The minimum absolute atomic E-state index is 0.357. The molecule has 0 spiro atoms. The average molecular weight is 213 g/mol. The fourth-order valence-electron chi connectivity index (χ4n) is 2.27. The lowest BCUT2D eigenvalue weighted by molar-refractivity contribution is -0.142. The topological polar surface area (TPSA) is 40.5 Å². The normalized spacial score (nSPS) is 29.1. The van der Waals surface area contributed by atoms with Crippen LogP contribution in [0, 0.1) is 11.8 Å². The number of aliphatic carboxylic acids is 1. The largest absolute Gasteiger partial charge is 0.480 e. The number of nitrogens with zero attached hydrogens (tertiary/aromatic N) is 1. The lowest BCUT2D eigenvalue weighted by atomic mass is 9.83. The predicted molar refractivity (Wildman–Crippen MR) is 60.8 cm³/mol. The lowest BCUT2D eigenvalue weighted by Gasteiger charge is -2.31. The van der Waals surface area contributed by atoms with Crippen LogP contribution in [-0.4, -0.2) is 35.6 Å². The first-order chi connectivity index (χ1) is 7.00. The Hall–Kier alpha value is -0.570. The van der Waals surface area contributed by atoms with E-state index in [-0.39, 0.29) is 6.04 Å². The first-order valence-electron chi connectivity index (χ1n) is 5.93. The number of hydrogen-bond acceptors (Lipinski definition) is 2. The Kier molecular flexibility index (Phi) is 4.58. The molecule has 0 heterocycles. The quantitative estimate of drug-likeness (QED) is 0.778. The van der Waals surface area contributed by atoms with Gasteiger partial charge in [-0.25, -0.2) is 0 Å². The monoisotopic (exact) mass is 213 g/mol. The maximum absolute atomic E-state index is 10.8. The first kappa shape index (κ1) is 12.5. The second kappa shape index (κ2) is 5.50. The van der Waals surface area contributed by atoms with Gasteiger partial charge in [0.25, 0.3) is 0 Å². The molecule has 1 saturated carbocycles. The van der Waals surface area contributed by atoms with E-state index >= 15 is 0 Å². The van der Waals surface area contributed by atoms with Crippen LogP contribution in [0.5, 0.6) is 0 Å². The lowest BCUT2D eigenvalue weighted by Crippen LogP contribution is -2.39. The highest BCUT2D eigenvalue weighted by Crippen LogP contribution is 2.28. The SMILES string of the molecule is CC1CCC(CN(C)C(C)C(=O)O)CC1. The van der Waals surface area contributed by atoms with Gasteiger partial charge in [-0.3, -0.25) is 9.69 Å². The van der Waals surface area contributed by atoms with Crippen LogP contribution in [0.4, 0.5) is 0 Å². The zero-order chi connectivity index (χ0) is 11.4. The van der Waals surface area contributed by atoms with E-state index in [0.717, 1.165) is 12.5 Å². The molecule has 0 aromatic carbocycles. The summed E-state index contributed by atoms with van der Waals surface area (Å²) in [6.45, 7) is 4.99. The smallest absolute Gasteiger partial charge is 0.320 e. The fraction of sp³-hybridized carbons (Fsp3) is 0.917. The molecule has 0 amide bonds. The van der Waals surface area contributed by atoms with Crippen molar-refractivity contribution in [3.05, 3.63) is 0 Å². The van der Waals surface area contributed by atoms with Crippen molar-refractivity contribution in [3.63, 3.8) is 0 Å². The molecule has 0 aromatic rings. The summed E-state index contributed by atoms with van der Waals surface area (Å²) >= 11 is 0. The van der Waals surface area contributed by atoms with Crippen LogP contribution in [0.3, 0.4) is 0 Å². The van der Waals surface area contributed by atoms with Gasteiger partial charge in [0.2, 0.25) is 0 Å². The minimum atomic E-state index is -0.721. The molecule has 88 valence electrons. The number of likely N-dealkylation sites (N-methyl/N-ethyl adjacent to an activating group) is 1. The molecule has 1 fully saturated rings. The Bertz CT molecular complexity index is 210. The fourth-order valence-corrected chi connectivity index (χ4v) is 2.27. The van der Waals surface area contributed by atoms with E-state index in [2.05, 4.69) is 6.92 Å². The van der Waals surface area contributed by atoms with E-state index in [4.69, 9.17) is 5.11 Å². The van der Waals surface area contributed by atoms with Gasteiger partial charge in [-0.1, -0.05) is 19.8 Å². The summed E-state index contributed by atoms with van der Waals surface area (Å²) in [5.41, 5.74) is 0. The van der Waals surface area contributed by atoms with Crippen LogP contribution in [0.2, 0.25) is 0 Å². The van der Waals surface area contributed by atoms with Crippen molar-refractivity contribution in [1.29, 1.82) is 0 Å². The number of rotatable bonds is 4. The highest BCUT2D eigenvalue weighted by atomic mass is 16.4. The molecule has 1 atom stereocenters. The van der Waals surface area contributed by atoms with Crippen molar-refractivity contribution < 1.29 is 9.90 Å². The van der Waals surface area contributed by atoms with E-state index < -0.39 is 5.97 Å². The first-order valence-corrected chi connectivity index (χ1v) is 5.93. The maximum atomic E-state index is 10.8. The molecule has 1 N–H and O–H groups in total. The Balaban J connectivity index is 2.32. The van der Waals surface area contributed by atoms with E-state index in [1.54, 1.807) is 6.92 Å². The maximum Gasteiger partial charge on any atom is 0.320 e. The van der Waals surface area contributed by atoms with Gasteiger partial charge < -0.3 is 5.11 Å². The van der Waals surface area contributed by atoms with Gasteiger partial charge in [0.1, 0.15) is 6.04 Å². The van der Waals surface area contributed by atoms with Crippen molar-refractivity contribution in [2.24, 2.45) is 11.8 Å². The van der Waals surface area contributed by atoms with Gasteiger partial charge in [0.05, 0.1) is 0 Å². The van der Waals surface area contributed by atoms with Crippen molar-refractivity contribution in [3.8, 4) is 0 Å². The predicted octanol–water partition coefficient (Wildman–Crippen LogP) is 2.22. The molecule has 1 rings (SSSR count). The Morgan fingerprint density at radius 1 is 1.40 bits per heavy atom. The van der Waals surface area contributed by atoms with E-state index in [1.807, 2.05) is 11.9 Å². The molecule has 1 unspecified atom stereocenters. The number of carbonyl (C=O) groups is 1. The van der Waals surface area contributed by atoms with E-state index in [1.165, 1.54) is 25.7 Å². The van der Waals surface area contributed by atoms with Gasteiger partial charge >= 0.3 is 5.97 Å². The van der Waals surface area contributed by atoms with Crippen molar-refractivity contribution >= 4 is 5.97 Å². The summed E-state index contributed by atoms with van der Waals surface area (Å²) in [7, 11) is 1.91. The summed E-state index contributed by atoms with van der Waals surface area (Å²) in [6.07, 6.45) is 5.13. The van der Waals surface area contributed by atoms with Gasteiger partial charge in [-0.2, -0.15) is 0 Å². The van der Waals surface area contributed by atoms with Crippen LogP contribution in [0.15, 0.2) is 0 Å². The summed E-state index contributed by atoms with van der Waals surface area (Å²) < 4.78 is 0. The average Bonchev–Trinajstić information content (AvgIpc) is 2.20. The Morgan fingerprint density at radius 2 is 1.93 bits per heavy atom. The Morgan fingerprint density at radius 3 is 2.40 bits per heavy atom. The molecule has 0 bridgehead atoms. The van der Waals surface area contributed by atoms with Gasteiger partial charge in [0, 0.05) is 6.54 Å². The van der Waals surface area contributed by atoms with Crippen LogP contribution < -0.4 is 0 Å². The molecular formula is C12H23NO2.